The third-order valence-corrected chi connectivity index (χ3v) is 4.45. The summed E-state index contributed by atoms with van der Waals surface area (Å²) >= 11 is 1.96. The molecule has 1 aromatic heterocycles. The first-order chi connectivity index (χ1) is 8.33. The lowest BCUT2D eigenvalue weighted by Crippen LogP contribution is -2.37. The average molecular weight is 251 g/mol. The van der Waals surface area contributed by atoms with E-state index in [0.717, 1.165) is 30.0 Å². The van der Waals surface area contributed by atoms with Crippen LogP contribution in [0.1, 0.15) is 47.8 Å². The van der Waals surface area contributed by atoms with Gasteiger partial charge in [0.25, 0.3) is 5.91 Å². The fourth-order valence-electron chi connectivity index (χ4n) is 2.16. The van der Waals surface area contributed by atoms with Crippen molar-refractivity contribution in [1.29, 1.82) is 0 Å². The van der Waals surface area contributed by atoms with Crippen molar-refractivity contribution in [3.63, 3.8) is 0 Å². The van der Waals surface area contributed by atoms with E-state index in [2.05, 4.69) is 15.5 Å². The number of nitrogens with zero attached hydrogens (tertiary/aromatic N) is 1. The molecule has 17 heavy (non-hydrogen) atoms. The van der Waals surface area contributed by atoms with Gasteiger partial charge in [-0.15, -0.1) is 0 Å². The molecule has 92 valence electrons. The van der Waals surface area contributed by atoms with Gasteiger partial charge in [-0.1, -0.05) is 0 Å². The molecule has 5 heteroatoms. The molecule has 0 radical (unpaired) electrons. The Labute approximate surface area is 105 Å². The van der Waals surface area contributed by atoms with E-state index < -0.39 is 0 Å². The molecular weight excluding hydrogens is 234 g/mol. The normalized spacial score (nSPS) is 21.4. The van der Waals surface area contributed by atoms with Crippen molar-refractivity contribution >= 4 is 17.7 Å². The number of hydrogen-bond donors (Lipinski definition) is 2. The van der Waals surface area contributed by atoms with Crippen LogP contribution in [0.25, 0.3) is 0 Å². The third kappa shape index (κ3) is 2.65. The highest BCUT2D eigenvalue weighted by molar-refractivity contribution is 7.99. The smallest absolute Gasteiger partial charge is 0.271 e. The highest BCUT2D eigenvalue weighted by Gasteiger charge is 2.27. The van der Waals surface area contributed by atoms with E-state index in [1.54, 1.807) is 0 Å². The predicted octanol–water partition coefficient (Wildman–Crippen LogP) is 1.91. The first-order valence-corrected chi connectivity index (χ1v) is 7.42. The maximum Gasteiger partial charge on any atom is 0.271 e. The Hall–Kier alpha value is -0.970. The molecule has 0 atom stereocenters. The number of aromatic nitrogens is 2. The average Bonchev–Trinajstić information content (AvgIpc) is 3.08. The second kappa shape index (κ2) is 4.72. The van der Waals surface area contributed by atoms with Crippen LogP contribution >= 0.6 is 11.8 Å². The molecule has 2 N–H and O–H groups in total. The lowest BCUT2D eigenvalue weighted by molar-refractivity contribution is 0.0930. The quantitative estimate of drug-likeness (QED) is 0.863. The molecule has 4 nitrogen and oxygen atoms in total. The van der Waals surface area contributed by atoms with E-state index in [0.29, 0.717) is 17.7 Å². The van der Waals surface area contributed by atoms with Gasteiger partial charge < -0.3 is 5.32 Å². The van der Waals surface area contributed by atoms with E-state index >= 15 is 0 Å². The minimum atomic E-state index is -0.0231. The number of aromatic amines is 1. The molecule has 2 heterocycles. The number of nitrogens with one attached hydrogen (secondary N) is 2. The fourth-order valence-corrected chi connectivity index (χ4v) is 3.26. The van der Waals surface area contributed by atoms with Gasteiger partial charge in [-0.2, -0.15) is 16.9 Å². The zero-order valence-electron chi connectivity index (χ0n) is 9.74. The number of carbonyl (C=O) groups excluding carboxylic acids is 1. The van der Waals surface area contributed by atoms with E-state index in [-0.39, 0.29) is 5.91 Å². The number of thioether (sulfide) groups is 1. The van der Waals surface area contributed by atoms with Crippen LogP contribution in [0.2, 0.25) is 0 Å². The molecule has 1 amide bonds. The Morgan fingerprint density at radius 3 is 2.82 bits per heavy atom. The molecule has 0 unspecified atom stereocenters. The van der Waals surface area contributed by atoms with Gasteiger partial charge in [-0.3, -0.25) is 9.89 Å². The van der Waals surface area contributed by atoms with Crippen LogP contribution in [0.4, 0.5) is 0 Å². The van der Waals surface area contributed by atoms with Crippen molar-refractivity contribution in [2.75, 3.05) is 11.5 Å². The van der Waals surface area contributed by atoms with Crippen molar-refractivity contribution in [2.24, 2.45) is 0 Å². The summed E-state index contributed by atoms with van der Waals surface area (Å²) in [5.74, 6) is 2.90. The Balaban J connectivity index is 1.59. The SMILES string of the molecule is O=C(NC1CCSCC1)c1cc(C2CC2)[nH]n1. The van der Waals surface area contributed by atoms with E-state index in [1.165, 1.54) is 12.8 Å². The zero-order valence-corrected chi connectivity index (χ0v) is 10.6. The van der Waals surface area contributed by atoms with Crippen molar-refractivity contribution in [2.45, 2.75) is 37.6 Å². The maximum absolute atomic E-state index is 12.0. The van der Waals surface area contributed by atoms with Gasteiger partial charge in [0, 0.05) is 17.7 Å². The monoisotopic (exact) mass is 251 g/mol. The third-order valence-electron chi connectivity index (χ3n) is 3.40. The second-order valence-electron chi connectivity index (χ2n) is 4.84. The van der Waals surface area contributed by atoms with Gasteiger partial charge in [-0.25, -0.2) is 0 Å². The van der Waals surface area contributed by atoms with Crippen LogP contribution < -0.4 is 5.32 Å². The predicted molar refractivity (Wildman–Crippen MR) is 68.4 cm³/mol. The minimum Gasteiger partial charge on any atom is -0.348 e. The first kappa shape index (κ1) is 11.1. The summed E-state index contributed by atoms with van der Waals surface area (Å²) in [7, 11) is 0. The zero-order chi connectivity index (χ0) is 11.7. The van der Waals surface area contributed by atoms with E-state index in [4.69, 9.17) is 0 Å². The molecule has 0 spiro atoms. The topological polar surface area (TPSA) is 57.8 Å². The Kier molecular flexibility index (Phi) is 3.09. The fraction of sp³-hybridized carbons (Fsp3) is 0.667. The standard InChI is InChI=1S/C12H17N3OS/c16-12(13-9-3-5-17-6-4-9)11-7-10(14-15-11)8-1-2-8/h7-9H,1-6H2,(H,13,16)(H,14,15). The van der Waals surface area contributed by atoms with Crippen molar-refractivity contribution in [3.8, 4) is 0 Å². The molecule has 1 aromatic rings. The second-order valence-corrected chi connectivity index (χ2v) is 6.07. The number of H-pyrrole nitrogens is 1. The number of amides is 1. The maximum atomic E-state index is 12.0. The first-order valence-electron chi connectivity index (χ1n) is 6.27. The molecule has 2 aliphatic rings. The lowest BCUT2D eigenvalue weighted by atomic mass is 10.1. The summed E-state index contributed by atoms with van der Waals surface area (Å²) < 4.78 is 0. The largest absolute Gasteiger partial charge is 0.348 e. The Morgan fingerprint density at radius 1 is 1.35 bits per heavy atom. The van der Waals surface area contributed by atoms with Crippen molar-refractivity contribution in [3.05, 3.63) is 17.5 Å². The van der Waals surface area contributed by atoms with Crippen molar-refractivity contribution < 1.29 is 4.79 Å². The number of carbonyl (C=O) groups is 1. The lowest BCUT2D eigenvalue weighted by Gasteiger charge is -2.21. The Morgan fingerprint density at radius 2 is 2.12 bits per heavy atom. The van der Waals surface area contributed by atoms with Gasteiger partial charge in [0.15, 0.2) is 0 Å². The molecular formula is C12H17N3OS. The molecule has 0 aromatic carbocycles. The molecule has 1 aliphatic carbocycles. The van der Waals surface area contributed by atoms with E-state index in [9.17, 15) is 4.79 Å². The molecule has 1 aliphatic heterocycles. The molecule has 3 rings (SSSR count). The van der Waals surface area contributed by atoms with Gasteiger partial charge in [0.05, 0.1) is 0 Å². The van der Waals surface area contributed by atoms with Crippen LogP contribution in [0.5, 0.6) is 0 Å². The summed E-state index contributed by atoms with van der Waals surface area (Å²) in [6.45, 7) is 0. The summed E-state index contributed by atoms with van der Waals surface area (Å²) in [6, 6.07) is 2.25. The molecule has 1 saturated heterocycles. The van der Waals surface area contributed by atoms with Crippen LogP contribution in [-0.2, 0) is 0 Å². The van der Waals surface area contributed by atoms with Gasteiger partial charge >= 0.3 is 0 Å². The molecule has 2 fully saturated rings. The van der Waals surface area contributed by atoms with Crippen molar-refractivity contribution in [1.82, 2.24) is 15.5 Å². The Bertz CT molecular complexity index is 408. The van der Waals surface area contributed by atoms with Crippen LogP contribution in [0.15, 0.2) is 6.07 Å². The molecule has 1 saturated carbocycles. The minimum absolute atomic E-state index is 0.0231. The molecule has 0 bridgehead atoms. The van der Waals surface area contributed by atoms with Crippen LogP contribution in [0, 0.1) is 0 Å². The number of hydrogen-bond acceptors (Lipinski definition) is 3. The number of rotatable bonds is 3. The van der Waals surface area contributed by atoms with Crippen LogP contribution in [-0.4, -0.2) is 33.7 Å². The van der Waals surface area contributed by atoms with E-state index in [1.807, 2.05) is 17.8 Å². The highest BCUT2D eigenvalue weighted by Crippen LogP contribution is 2.38. The van der Waals surface area contributed by atoms with Gasteiger partial charge in [0.2, 0.25) is 0 Å². The van der Waals surface area contributed by atoms with Gasteiger partial charge in [-0.05, 0) is 43.3 Å². The summed E-state index contributed by atoms with van der Waals surface area (Å²) in [5, 5.41) is 10.1. The van der Waals surface area contributed by atoms with Crippen LogP contribution in [0.3, 0.4) is 0 Å². The summed E-state index contributed by atoms with van der Waals surface area (Å²) in [6.07, 6.45) is 4.61. The summed E-state index contributed by atoms with van der Waals surface area (Å²) in [4.78, 5) is 12.0. The summed E-state index contributed by atoms with van der Waals surface area (Å²) in [5.41, 5.74) is 1.67. The highest BCUT2D eigenvalue weighted by atomic mass is 32.2. The van der Waals surface area contributed by atoms with Gasteiger partial charge in [0.1, 0.15) is 5.69 Å².